The number of aromatic nitrogens is 3. The molecular formula is C21H19F3N4O3S. The first-order valence-corrected chi connectivity index (χ1v) is 10.5. The van der Waals surface area contributed by atoms with Gasteiger partial charge < -0.3 is 19.4 Å². The van der Waals surface area contributed by atoms with Gasteiger partial charge in [-0.05, 0) is 36.8 Å². The standard InChI is InChI=1S/C21H19F3N4O3S/c1-28-16-7-5-12(17(29)4-3-9-30-2)10-14(16)25-19(28)27-20-26-15-11-13(31-21(22,23)24)6-8-18(15)32-20/h5-8,10-11H,3-4,9H2,1-2H3,(H,25,26,27). The smallest absolute Gasteiger partial charge is 0.406 e. The second-order valence-corrected chi connectivity index (χ2v) is 8.07. The molecule has 0 amide bonds. The van der Waals surface area contributed by atoms with Crippen LogP contribution in [0.15, 0.2) is 36.4 Å². The van der Waals surface area contributed by atoms with Crippen molar-refractivity contribution in [1.29, 1.82) is 0 Å². The summed E-state index contributed by atoms with van der Waals surface area (Å²) in [6.45, 7) is 0.525. The molecule has 0 saturated carbocycles. The highest BCUT2D eigenvalue weighted by Crippen LogP contribution is 2.33. The number of nitrogens with zero attached hydrogens (tertiary/aromatic N) is 3. The Morgan fingerprint density at radius 2 is 1.97 bits per heavy atom. The molecule has 2 heterocycles. The number of hydrogen-bond donors (Lipinski definition) is 1. The molecule has 0 atom stereocenters. The van der Waals surface area contributed by atoms with Gasteiger partial charge in [0.1, 0.15) is 5.75 Å². The number of rotatable bonds is 8. The van der Waals surface area contributed by atoms with Crippen molar-refractivity contribution in [3.8, 4) is 5.75 Å². The Hall–Kier alpha value is -3.18. The third-order valence-electron chi connectivity index (χ3n) is 4.77. The Kier molecular flexibility index (Phi) is 6.02. The van der Waals surface area contributed by atoms with Gasteiger partial charge >= 0.3 is 6.36 Å². The number of ketones is 1. The Bertz CT molecular complexity index is 1280. The lowest BCUT2D eigenvalue weighted by atomic mass is 10.1. The van der Waals surface area contributed by atoms with Crippen molar-refractivity contribution in [2.75, 3.05) is 19.0 Å². The van der Waals surface area contributed by atoms with Gasteiger partial charge in [-0.25, -0.2) is 9.97 Å². The fraction of sp³-hybridized carbons (Fsp3) is 0.286. The first-order valence-electron chi connectivity index (χ1n) is 9.65. The van der Waals surface area contributed by atoms with Crippen molar-refractivity contribution in [3.63, 3.8) is 0 Å². The van der Waals surface area contributed by atoms with E-state index in [0.717, 1.165) is 5.52 Å². The summed E-state index contributed by atoms with van der Waals surface area (Å²) in [5.74, 6) is 0.189. The highest BCUT2D eigenvalue weighted by molar-refractivity contribution is 7.22. The van der Waals surface area contributed by atoms with Crippen LogP contribution < -0.4 is 10.1 Å². The molecule has 32 heavy (non-hydrogen) atoms. The minimum absolute atomic E-state index is 0.0205. The van der Waals surface area contributed by atoms with Crippen molar-refractivity contribution in [1.82, 2.24) is 14.5 Å². The number of thiazole rings is 1. The number of nitrogens with one attached hydrogen (secondary N) is 1. The fourth-order valence-electron chi connectivity index (χ4n) is 3.26. The number of Topliss-reactive ketones (excluding diaryl/α,β-unsaturated/α-hetero) is 1. The van der Waals surface area contributed by atoms with E-state index in [2.05, 4.69) is 20.0 Å². The van der Waals surface area contributed by atoms with Gasteiger partial charge in [0.25, 0.3) is 0 Å². The average Bonchev–Trinajstić information content (AvgIpc) is 3.26. The van der Waals surface area contributed by atoms with Crippen molar-refractivity contribution in [2.45, 2.75) is 19.2 Å². The second kappa shape index (κ2) is 8.75. The first-order chi connectivity index (χ1) is 15.2. The molecule has 0 saturated heterocycles. The van der Waals surface area contributed by atoms with E-state index in [1.165, 1.54) is 29.5 Å². The number of alkyl halides is 3. The zero-order valence-electron chi connectivity index (χ0n) is 17.2. The van der Waals surface area contributed by atoms with Crippen LogP contribution in [0.2, 0.25) is 0 Å². The van der Waals surface area contributed by atoms with Gasteiger partial charge in [-0.1, -0.05) is 11.3 Å². The Balaban J connectivity index is 1.56. The molecule has 4 rings (SSSR count). The number of methoxy groups -OCH3 is 1. The lowest BCUT2D eigenvalue weighted by Gasteiger charge is -2.07. The molecule has 0 unspecified atom stereocenters. The molecule has 0 radical (unpaired) electrons. The highest BCUT2D eigenvalue weighted by atomic mass is 32.1. The molecule has 2 aromatic heterocycles. The van der Waals surface area contributed by atoms with Gasteiger partial charge in [0, 0.05) is 38.8 Å². The van der Waals surface area contributed by atoms with E-state index in [4.69, 9.17) is 4.74 Å². The predicted octanol–water partition coefficient (Wildman–Crippen LogP) is 5.43. The van der Waals surface area contributed by atoms with Gasteiger partial charge in [0.05, 0.1) is 21.3 Å². The first kappa shape index (κ1) is 22.0. The van der Waals surface area contributed by atoms with E-state index in [9.17, 15) is 18.0 Å². The largest absolute Gasteiger partial charge is 0.573 e. The Morgan fingerprint density at radius 1 is 1.16 bits per heavy atom. The Morgan fingerprint density at radius 3 is 2.72 bits per heavy atom. The number of anilines is 2. The number of carbonyl (C=O) groups excluding carboxylic acids is 1. The van der Waals surface area contributed by atoms with E-state index in [-0.39, 0.29) is 11.5 Å². The SMILES string of the molecule is COCCCC(=O)c1ccc2c(c1)nc(Nc1nc3cc(OC(F)(F)F)ccc3s1)n2C. The number of aryl methyl sites for hydroxylation is 1. The summed E-state index contributed by atoms with van der Waals surface area (Å²) in [6.07, 6.45) is -3.72. The van der Waals surface area contributed by atoms with E-state index in [1.807, 2.05) is 17.7 Å². The number of benzene rings is 2. The molecule has 2 aromatic carbocycles. The molecular weight excluding hydrogens is 445 g/mol. The van der Waals surface area contributed by atoms with E-state index < -0.39 is 6.36 Å². The third kappa shape index (κ3) is 4.83. The zero-order valence-corrected chi connectivity index (χ0v) is 18.0. The van der Waals surface area contributed by atoms with E-state index in [1.54, 1.807) is 19.2 Å². The van der Waals surface area contributed by atoms with Crippen LogP contribution in [0.4, 0.5) is 24.3 Å². The fourth-order valence-corrected chi connectivity index (χ4v) is 4.10. The monoisotopic (exact) mass is 464 g/mol. The van der Waals surface area contributed by atoms with Crippen molar-refractivity contribution >= 4 is 49.4 Å². The summed E-state index contributed by atoms with van der Waals surface area (Å²) < 4.78 is 48.8. The average molecular weight is 464 g/mol. The molecule has 0 fully saturated rings. The molecule has 11 heteroatoms. The number of ether oxygens (including phenoxy) is 2. The highest BCUT2D eigenvalue weighted by Gasteiger charge is 2.31. The van der Waals surface area contributed by atoms with E-state index >= 15 is 0 Å². The van der Waals surface area contributed by atoms with Crippen molar-refractivity contribution in [2.24, 2.45) is 7.05 Å². The predicted molar refractivity (Wildman–Crippen MR) is 116 cm³/mol. The summed E-state index contributed by atoms with van der Waals surface area (Å²) in [4.78, 5) is 21.3. The van der Waals surface area contributed by atoms with Gasteiger partial charge in [-0.15, -0.1) is 13.2 Å². The molecule has 4 aromatic rings. The van der Waals surface area contributed by atoms with Crippen LogP contribution in [0.1, 0.15) is 23.2 Å². The quantitative estimate of drug-likeness (QED) is 0.277. The van der Waals surface area contributed by atoms with Crippen LogP contribution in [0.3, 0.4) is 0 Å². The molecule has 0 aliphatic heterocycles. The normalized spacial score (nSPS) is 11.9. The van der Waals surface area contributed by atoms with Crippen LogP contribution in [0, 0.1) is 0 Å². The molecule has 0 aliphatic carbocycles. The van der Waals surface area contributed by atoms with Crippen LogP contribution >= 0.6 is 11.3 Å². The maximum absolute atomic E-state index is 12.4. The number of imidazole rings is 1. The summed E-state index contributed by atoms with van der Waals surface area (Å²) in [5, 5.41) is 3.57. The van der Waals surface area contributed by atoms with Crippen molar-refractivity contribution < 1.29 is 27.4 Å². The second-order valence-electron chi connectivity index (χ2n) is 7.04. The summed E-state index contributed by atoms with van der Waals surface area (Å²) in [7, 11) is 3.42. The lowest BCUT2D eigenvalue weighted by Crippen LogP contribution is -2.16. The molecule has 0 spiro atoms. The number of hydrogen-bond acceptors (Lipinski definition) is 7. The summed E-state index contributed by atoms with van der Waals surface area (Å²) in [6, 6.07) is 9.35. The zero-order chi connectivity index (χ0) is 22.9. The van der Waals surface area contributed by atoms with Crippen molar-refractivity contribution in [3.05, 3.63) is 42.0 Å². The lowest BCUT2D eigenvalue weighted by molar-refractivity contribution is -0.274. The number of carbonyl (C=O) groups is 1. The van der Waals surface area contributed by atoms with Crippen LogP contribution in [-0.2, 0) is 11.8 Å². The number of halogens is 3. The summed E-state index contributed by atoms with van der Waals surface area (Å²) in [5.41, 5.74) is 2.43. The number of fused-ring (bicyclic) bond motifs is 2. The maximum atomic E-state index is 12.4. The summed E-state index contributed by atoms with van der Waals surface area (Å²) >= 11 is 1.28. The maximum Gasteiger partial charge on any atom is 0.573 e. The van der Waals surface area contributed by atoms with Gasteiger partial charge in [-0.3, -0.25) is 4.79 Å². The molecule has 168 valence electrons. The van der Waals surface area contributed by atoms with Crippen LogP contribution in [-0.4, -0.2) is 40.4 Å². The van der Waals surface area contributed by atoms with Gasteiger partial charge in [-0.2, -0.15) is 0 Å². The van der Waals surface area contributed by atoms with Crippen LogP contribution in [0.25, 0.3) is 21.3 Å². The topological polar surface area (TPSA) is 78.3 Å². The van der Waals surface area contributed by atoms with Gasteiger partial charge in [0.2, 0.25) is 5.95 Å². The molecule has 0 aliphatic rings. The Labute approximate surface area is 184 Å². The minimum Gasteiger partial charge on any atom is -0.406 e. The van der Waals surface area contributed by atoms with Gasteiger partial charge in [0.15, 0.2) is 10.9 Å². The van der Waals surface area contributed by atoms with E-state index in [0.29, 0.717) is 51.8 Å². The molecule has 7 nitrogen and oxygen atoms in total. The third-order valence-corrected chi connectivity index (χ3v) is 5.72. The molecule has 0 bridgehead atoms. The molecule has 1 N–H and O–H groups in total. The van der Waals surface area contributed by atoms with Crippen LogP contribution in [0.5, 0.6) is 5.75 Å². The minimum atomic E-state index is -4.76.